The number of hydrogen-bond acceptors (Lipinski definition) is 5. The quantitative estimate of drug-likeness (QED) is 0.624. The number of hydrogen-bond donors (Lipinski definition) is 2. The van der Waals surface area contributed by atoms with Gasteiger partial charge in [0.2, 0.25) is 0 Å². The number of amides is 1. The standard InChI is InChI=1S/C12H15N3O4.ClH/c1-19-11-4-9(2-3-10(11)15(17)18)12(16)14-7-8-5-13-6-8;/h2-4,8,13H,5-7H2,1H3,(H,14,16);1H. The van der Waals surface area contributed by atoms with Gasteiger partial charge in [0.05, 0.1) is 12.0 Å². The highest BCUT2D eigenvalue weighted by Gasteiger charge is 2.20. The third-order valence-electron chi connectivity index (χ3n) is 3.06. The molecule has 1 amide bonds. The van der Waals surface area contributed by atoms with Gasteiger partial charge >= 0.3 is 5.69 Å². The second-order valence-electron chi connectivity index (χ2n) is 4.38. The van der Waals surface area contributed by atoms with E-state index >= 15 is 0 Å². The van der Waals surface area contributed by atoms with Crippen LogP contribution in [0.1, 0.15) is 10.4 Å². The number of carbonyl (C=O) groups excluding carboxylic acids is 1. The van der Waals surface area contributed by atoms with Crippen LogP contribution in [0.4, 0.5) is 5.69 Å². The topological polar surface area (TPSA) is 93.5 Å². The average molecular weight is 302 g/mol. The average Bonchev–Trinajstić information content (AvgIpc) is 2.35. The van der Waals surface area contributed by atoms with Crippen molar-refractivity contribution >= 4 is 24.0 Å². The van der Waals surface area contributed by atoms with Crippen LogP contribution in [0.15, 0.2) is 18.2 Å². The first-order valence-electron chi connectivity index (χ1n) is 5.93. The number of nitro benzene ring substituents is 1. The molecule has 1 aromatic rings. The first kappa shape index (κ1) is 16.2. The molecule has 1 fully saturated rings. The number of halogens is 1. The molecule has 0 radical (unpaired) electrons. The molecular weight excluding hydrogens is 286 g/mol. The third kappa shape index (κ3) is 3.58. The van der Waals surface area contributed by atoms with Gasteiger partial charge in [0.15, 0.2) is 5.75 Å². The molecule has 110 valence electrons. The van der Waals surface area contributed by atoms with Gasteiger partial charge in [0.25, 0.3) is 5.91 Å². The van der Waals surface area contributed by atoms with Crippen LogP contribution >= 0.6 is 12.4 Å². The van der Waals surface area contributed by atoms with E-state index in [0.29, 0.717) is 18.0 Å². The van der Waals surface area contributed by atoms with Crippen LogP contribution < -0.4 is 15.4 Å². The van der Waals surface area contributed by atoms with Gasteiger partial charge in [-0.15, -0.1) is 12.4 Å². The minimum Gasteiger partial charge on any atom is -0.490 e. The zero-order valence-corrected chi connectivity index (χ0v) is 11.7. The van der Waals surface area contributed by atoms with E-state index in [1.54, 1.807) is 0 Å². The summed E-state index contributed by atoms with van der Waals surface area (Å²) in [4.78, 5) is 22.1. The van der Waals surface area contributed by atoms with E-state index in [-0.39, 0.29) is 29.8 Å². The lowest BCUT2D eigenvalue weighted by atomic mass is 10.0. The van der Waals surface area contributed by atoms with Crippen molar-refractivity contribution in [2.45, 2.75) is 0 Å². The maximum Gasteiger partial charge on any atom is 0.310 e. The summed E-state index contributed by atoms with van der Waals surface area (Å²) < 4.78 is 4.92. The molecule has 2 N–H and O–H groups in total. The molecule has 0 atom stereocenters. The van der Waals surface area contributed by atoms with E-state index in [4.69, 9.17) is 4.74 Å². The van der Waals surface area contributed by atoms with Crippen molar-refractivity contribution in [3.8, 4) is 5.75 Å². The van der Waals surface area contributed by atoms with Gasteiger partial charge in [-0.1, -0.05) is 0 Å². The predicted octanol–water partition coefficient (Wildman–Crippen LogP) is 0.974. The van der Waals surface area contributed by atoms with Crippen molar-refractivity contribution in [1.82, 2.24) is 10.6 Å². The number of benzene rings is 1. The van der Waals surface area contributed by atoms with Crippen molar-refractivity contribution in [3.63, 3.8) is 0 Å². The summed E-state index contributed by atoms with van der Waals surface area (Å²) in [6, 6.07) is 4.08. The second kappa shape index (κ2) is 7.06. The molecule has 0 saturated carbocycles. The lowest BCUT2D eigenvalue weighted by Gasteiger charge is -2.27. The number of nitrogens with zero attached hydrogens (tertiary/aromatic N) is 1. The normalized spacial score (nSPS) is 13.8. The van der Waals surface area contributed by atoms with Crippen LogP contribution in [0.5, 0.6) is 5.75 Å². The molecule has 1 saturated heterocycles. The smallest absolute Gasteiger partial charge is 0.310 e. The van der Waals surface area contributed by atoms with Gasteiger partial charge < -0.3 is 15.4 Å². The van der Waals surface area contributed by atoms with Crippen molar-refractivity contribution in [2.75, 3.05) is 26.7 Å². The van der Waals surface area contributed by atoms with Crippen molar-refractivity contribution in [1.29, 1.82) is 0 Å². The molecule has 8 heteroatoms. The Morgan fingerprint density at radius 2 is 2.25 bits per heavy atom. The largest absolute Gasteiger partial charge is 0.490 e. The Balaban J connectivity index is 0.00000200. The Hall–Kier alpha value is -1.86. The Morgan fingerprint density at radius 1 is 1.55 bits per heavy atom. The molecular formula is C12H16ClN3O4. The summed E-state index contributed by atoms with van der Waals surface area (Å²) in [6.07, 6.45) is 0. The molecule has 0 unspecified atom stereocenters. The van der Waals surface area contributed by atoms with Gasteiger partial charge in [-0.2, -0.15) is 0 Å². The number of nitrogens with one attached hydrogen (secondary N) is 2. The van der Waals surface area contributed by atoms with Gasteiger partial charge in [0, 0.05) is 43.2 Å². The third-order valence-corrected chi connectivity index (χ3v) is 3.06. The molecule has 1 aliphatic rings. The van der Waals surface area contributed by atoms with Crippen LogP contribution in [0.25, 0.3) is 0 Å². The molecule has 20 heavy (non-hydrogen) atoms. The maximum absolute atomic E-state index is 11.9. The zero-order valence-electron chi connectivity index (χ0n) is 10.9. The first-order valence-corrected chi connectivity index (χ1v) is 5.93. The highest BCUT2D eigenvalue weighted by atomic mass is 35.5. The van der Waals surface area contributed by atoms with E-state index in [1.807, 2.05) is 0 Å². The molecule has 1 aromatic carbocycles. The molecule has 0 aliphatic carbocycles. The molecule has 1 heterocycles. The van der Waals surface area contributed by atoms with Crippen LogP contribution in [0.2, 0.25) is 0 Å². The predicted molar refractivity (Wildman–Crippen MR) is 75.6 cm³/mol. The van der Waals surface area contributed by atoms with E-state index in [1.165, 1.54) is 25.3 Å². The number of methoxy groups -OCH3 is 1. The summed E-state index contributed by atoms with van der Waals surface area (Å²) in [5.41, 5.74) is 0.206. The van der Waals surface area contributed by atoms with Crippen molar-refractivity contribution < 1.29 is 14.5 Å². The molecule has 1 aliphatic heterocycles. The van der Waals surface area contributed by atoms with Crippen LogP contribution in [0.3, 0.4) is 0 Å². The zero-order chi connectivity index (χ0) is 13.8. The summed E-state index contributed by atoms with van der Waals surface area (Å²) in [7, 11) is 1.34. The van der Waals surface area contributed by atoms with Crippen molar-refractivity contribution in [2.24, 2.45) is 5.92 Å². The van der Waals surface area contributed by atoms with Gasteiger partial charge in [-0.25, -0.2) is 0 Å². The van der Waals surface area contributed by atoms with Gasteiger partial charge in [-0.3, -0.25) is 14.9 Å². The van der Waals surface area contributed by atoms with Gasteiger partial charge in [0.1, 0.15) is 0 Å². The number of ether oxygens (including phenoxy) is 1. The van der Waals surface area contributed by atoms with Crippen molar-refractivity contribution in [3.05, 3.63) is 33.9 Å². The number of rotatable bonds is 5. The summed E-state index contributed by atoms with van der Waals surface area (Å²) in [5.74, 6) is 0.298. The summed E-state index contributed by atoms with van der Waals surface area (Å²) in [5, 5.41) is 16.7. The molecule has 7 nitrogen and oxygen atoms in total. The molecule has 0 aromatic heterocycles. The maximum atomic E-state index is 11.9. The molecule has 2 rings (SSSR count). The highest BCUT2D eigenvalue weighted by Crippen LogP contribution is 2.27. The Bertz CT molecular complexity index is 505. The Morgan fingerprint density at radius 3 is 2.75 bits per heavy atom. The first-order chi connectivity index (χ1) is 9.11. The summed E-state index contributed by atoms with van der Waals surface area (Å²) in [6.45, 7) is 2.42. The van der Waals surface area contributed by atoms with Crippen LogP contribution in [-0.2, 0) is 0 Å². The molecule has 0 bridgehead atoms. The minimum absolute atomic E-state index is 0. The fraction of sp³-hybridized carbons (Fsp3) is 0.417. The van der Waals surface area contributed by atoms with Crippen LogP contribution in [0, 0.1) is 16.0 Å². The second-order valence-corrected chi connectivity index (χ2v) is 4.38. The van der Waals surface area contributed by atoms with E-state index in [0.717, 1.165) is 13.1 Å². The fourth-order valence-corrected chi connectivity index (χ4v) is 1.80. The number of nitro groups is 1. The monoisotopic (exact) mass is 301 g/mol. The lowest BCUT2D eigenvalue weighted by Crippen LogP contribution is -2.48. The number of carbonyl (C=O) groups is 1. The minimum atomic E-state index is -0.541. The van der Waals surface area contributed by atoms with Gasteiger partial charge in [-0.05, 0) is 6.07 Å². The van der Waals surface area contributed by atoms with E-state index < -0.39 is 4.92 Å². The van der Waals surface area contributed by atoms with E-state index in [2.05, 4.69) is 10.6 Å². The summed E-state index contributed by atoms with van der Waals surface area (Å²) >= 11 is 0. The SMILES string of the molecule is COc1cc(C(=O)NCC2CNC2)ccc1[N+](=O)[O-].Cl. The highest BCUT2D eigenvalue weighted by molar-refractivity contribution is 5.95. The Kier molecular flexibility index (Phi) is 5.72. The molecule has 0 spiro atoms. The fourth-order valence-electron chi connectivity index (χ4n) is 1.80. The van der Waals surface area contributed by atoms with Crippen LogP contribution in [-0.4, -0.2) is 37.6 Å². The van der Waals surface area contributed by atoms with E-state index in [9.17, 15) is 14.9 Å². The lowest BCUT2D eigenvalue weighted by molar-refractivity contribution is -0.385. The Labute approximate surface area is 122 Å².